The Labute approximate surface area is 127 Å². The molecule has 0 saturated carbocycles. The first-order valence-corrected chi connectivity index (χ1v) is 8.72. The molecule has 0 bridgehead atoms. The van der Waals surface area contributed by atoms with Crippen molar-refractivity contribution in [2.75, 3.05) is 19.3 Å². The van der Waals surface area contributed by atoms with Crippen molar-refractivity contribution in [1.82, 2.24) is 9.62 Å². The standard InChI is InChI=1S/C14H23ClN2O2S/c1-12(2)16-8-5-9-20(18,19)17(3)11-13-6-4-7-14(15)10-13/h4,6-7,10,12,16H,5,8-9,11H2,1-3H3. The van der Waals surface area contributed by atoms with E-state index in [1.807, 2.05) is 26.0 Å². The zero-order chi connectivity index (χ0) is 15.2. The highest BCUT2D eigenvalue weighted by atomic mass is 35.5. The predicted octanol–water partition coefficient (Wildman–Crippen LogP) is 2.49. The van der Waals surface area contributed by atoms with Gasteiger partial charge >= 0.3 is 0 Å². The second kappa shape index (κ2) is 7.98. The average Bonchev–Trinajstić information content (AvgIpc) is 2.34. The van der Waals surface area contributed by atoms with Crippen LogP contribution in [0.3, 0.4) is 0 Å². The van der Waals surface area contributed by atoms with Crippen molar-refractivity contribution in [2.45, 2.75) is 32.9 Å². The molecule has 0 radical (unpaired) electrons. The van der Waals surface area contributed by atoms with Crippen LogP contribution in [0.1, 0.15) is 25.8 Å². The Kier molecular flexibility index (Phi) is 6.95. The molecular weight excluding hydrogens is 296 g/mol. The van der Waals surface area contributed by atoms with Gasteiger partial charge in [-0.25, -0.2) is 12.7 Å². The molecule has 0 aliphatic rings. The van der Waals surface area contributed by atoms with E-state index in [-0.39, 0.29) is 5.75 Å². The summed E-state index contributed by atoms with van der Waals surface area (Å²) in [6, 6.07) is 7.63. The number of benzene rings is 1. The van der Waals surface area contributed by atoms with Gasteiger partial charge in [-0.1, -0.05) is 37.6 Å². The van der Waals surface area contributed by atoms with Gasteiger partial charge in [-0.2, -0.15) is 0 Å². The number of hydrogen-bond donors (Lipinski definition) is 1. The van der Waals surface area contributed by atoms with Crippen LogP contribution in [0.4, 0.5) is 0 Å². The summed E-state index contributed by atoms with van der Waals surface area (Å²) in [6.45, 7) is 5.14. The van der Waals surface area contributed by atoms with E-state index in [9.17, 15) is 8.42 Å². The van der Waals surface area contributed by atoms with Crippen LogP contribution in [0.25, 0.3) is 0 Å². The van der Waals surface area contributed by atoms with E-state index >= 15 is 0 Å². The summed E-state index contributed by atoms with van der Waals surface area (Å²) >= 11 is 5.90. The molecular formula is C14H23ClN2O2S. The summed E-state index contributed by atoms with van der Waals surface area (Å²) in [5.74, 6) is 0.157. The second-order valence-electron chi connectivity index (χ2n) is 5.16. The highest BCUT2D eigenvalue weighted by Crippen LogP contribution is 2.14. The van der Waals surface area contributed by atoms with Crippen molar-refractivity contribution in [1.29, 1.82) is 0 Å². The minimum Gasteiger partial charge on any atom is -0.314 e. The lowest BCUT2D eigenvalue weighted by Gasteiger charge is -2.17. The van der Waals surface area contributed by atoms with Gasteiger partial charge in [-0.15, -0.1) is 0 Å². The zero-order valence-electron chi connectivity index (χ0n) is 12.3. The molecule has 1 N–H and O–H groups in total. The van der Waals surface area contributed by atoms with Gasteiger partial charge in [0.15, 0.2) is 0 Å². The van der Waals surface area contributed by atoms with Crippen molar-refractivity contribution < 1.29 is 8.42 Å². The Hall–Kier alpha value is -0.620. The first-order valence-electron chi connectivity index (χ1n) is 6.73. The summed E-state index contributed by atoms with van der Waals surface area (Å²) in [7, 11) is -1.62. The molecule has 0 amide bonds. The van der Waals surface area contributed by atoms with Gasteiger partial charge in [-0.3, -0.25) is 0 Å². The molecule has 1 aromatic carbocycles. The molecule has 0 atom stereocenters. The maximum atomic E-state index is 12.1. The number of nitrogens with zero attached hydrogens (tertiary/aromatic N) is 1. The van der Waals surface area contributed by atoms with Crippen LogP contribution in [0, 0.1) is 0 Å². The highest BCUT2D eigenvalue weighted by molar-refractivity contribution is 7.89. The maximum Gasteiger partial charge on any atom is 0.214 e. The van der Waals surface area contributed by atoms with E-state index < -0.39 is 10.0 Å². The number of rotatable bonds is 8. The third-order valence-electron chi connectivity index (χ3n) is 2.90. The smallest absolute Gasteiger partial charge is 0.214 e. The van der Waals surface area contributed by atoms with Crippen LogP contribution in [0.2, 0.25) is 5.02 Å². The Morgan fingerprint density at radius 3 is 2.65 bits per heavy atom. The molecule has 0 saturated heterocycles. The summed E-state index contributed by atoms with van der Waals surface area (Å²) in [5.41, 5.74) is 0.892. The van der Waals surface area contributed by atoms with E-state index in [1.54, 1.807) is 19.2 Å². The van der Waals surface area contributed by atoms with Crippen LogP contribution in [0.15, 0.2) is 24.3 Å². The minimum absolute atomic E-state index is 0.157. The lowest BCUT2D eigenvalue weighted by molar-refractivity contribution is 0.463. The molecule has 114 valence electrons. The van der Waals surface area contributed by atoms with Gasteiger partial charge in [-0.05, 0) is 30.7 Å². The Morgan fingerprint density at radius 2 is 2.05 bits per heavy atom. The lowest BCUT2D eigenvalue weighted by Crippen LogP contribution is -2.31. The normalized spacial score (nSPS) is 12.3. The van der Waals surface area contributed by atoms with Crippen LogP contribution in [0.5, 0.6) is 0 Å². The first kappa shape index (κ1) is 17.4. The van der Waals surface area contributed by atoms with Crippen LogP contribution < -0.4 is 5.32 Å². The SMILES string of the molecule is CC(C)NCCCS(=O)(=O)N(C)Cc1cccc(Cl)c1. The molecule has 0 aliphatic carbocycles. The van der Waals surface area contributed by atoms with Crippen molar-refractivity contribution in [3.05, 3.63) is 34.9 Å². The largest absolute Gasteiger partial charge is 0.314 e. The highest BCUT2D eigenvalue weighted by Gasteiger charge is 2.17. The van der Waals surface area contributed by atoms with Crippen molar-refractivity contribution >= 4 is 21.6 Å². The van der Waals surface area contributed by atoms with E-state index in [0.717, 1.165) is 5.56 Å². The fourth-order valence-electron chi connectivity index (χ4n) is 1.79. The van der Waals surface area contributed by atoms with Gasteiger partial charge in [0.1, 0.15) is 0 Å². The molecule has 0 heterocycles. The Bertz CT molecular complexity index is 518. The maximum absolute atomic E-state index is 12.1. The molecule has 1 aromatic rings. The van der Waals surface area contributed by atoms with Gasteiger partial charge in [0.05, 0.1) is 5.75 Å². The molecule has 0 aromatic heterocycles. The Balaban J connectivity index is 2.50. The van der Waals surface area contributed by atoms with Crippen LogP contribution >= 0.6 is 11.6 Å². The number of sulfonamides is 1. The van der Waals surface area contributed by atoms with E-state index in [4.69, 9.17) is 11.6 Å². The molecule has 20 heavy (non-hydrogen) atoms. The van der Waals surface area contributed by atoms with Gasteiger partial charge in [0, 0.05) is 24.7 Å². The fourth-order valence-corrected chi connectivity index (χ4v) is 3.17. The average molecular weight is 319 g/mol. The summed E-state index contributed by atoms with van der Waals surface area (Å²) in [4.78, 5) is 0. The van der Waals surface area contributed by atoms with Crippen LogP contribution in [-0.2, 0) is 16.6 Å². The first-order chi connectivity index (χ1) is 9.31. The minimum atomic E-state index is -3.22. The van der Waals surface area contributed by atoms with Crippen molar-refractivity contribution in [3.63, 3.8) is 0 Å². The predicted molar refractivity (Wildman–Crippen MR) is 84.5 cm³/mol. The molecule has 0 spiro atoms. The van der Waals surface area contributed by atoms with Gasteiger partial charge in [0.25, 0.3) is 0 Å². The molecule has 0 unspecified atom stereocenters. The van der Waals surface area contributed by atoms with E-state index in [2.05, 4.69) is 5.32 Å². The number of halogens is 1. The van der Waals surface area contributed by atoms with E-state index in [0.29, 0.717) is 30.6 Å². The Morgan fingerprint density at radius 1 is 1.35 bits per heavy atom. The lowest BCUT2D eigenvalue weighted by atomic mass is 10.2. The topological polar surface area (TPSA) is 49.4 Å². The molecule has 6 heteroatoms. The summed E-state index contributed by atoms with van der Waals surface area (Å²) in [5, 5.41) is 3.83. The van der Waals surface area contributed by atoms with Gasteiger partial charge in [0.2, 0.25) is 10.0 Å². The second-order valence-corrected chi connectivity index (χ2v) is 7.80. The van der Waals surface area contributed by atoms with Crippen molar-refractivity contribution in [3.8, 4) is 0 Å². The monoisotopic (exact) mass is 318 g/mol. The van der Waals surface area contributed by atoms with E-state index in [1.165, 1.54) is 4.31 Å². The summed E-state index contributed by atoms with van der Waals surface area (Å²) in [6.07, 6.45) is 0.612. The number of nitrogens with one attached hydrogen (secondary N) is 1. The van der Waals surface area contributed by atoms with Crippen LogP contribution in [-0.4, -0.2) is 38.1 Å². The molecule has 4 nitrogen and oxygen atoms in total. The third-order valence-corrected chi connectivity index (χ3v) is 5.02. The third kappa shape index (κ3) is 6.22. The van der Waals surface area contributed by atoms with Gasteiger partial charge < -0.3 is 5.32 Å². The zero-order valence-corrected chi connectivity index (χ0v) is 13.8. The summed E-state index contributed by atoms with van der Waals surface area (Å²) < 4.78 is 25.6. The molecule has 0 aliphatic heterocycles. The quantitative estimate of drug-likeness (QED) is 0.749. The fraction of sp³-hybridized carbons (Fsp3) is 0.571. The molecule has 0 fully saturated rings. The van der Waals surface area contributed by atoms with Crippen molar-refractivity contribution in [2.24, 2.45) is 0 Å². The number of hydrogen-bond acceptors (Lipinski definition) is 3. The molecule has 1 rings (SSSR count).